The van der Waals surface area contributed by atoms with Crippen LogP contribution < -0.4 is 0 Å². The standard InChI is InChI=1S/C12H19NO3/c1-3-9-5-4-8(2)13(9)10(14)12(6-7-12)11(15)16/h8-9H,3-7H2,1-2H3,(H,15,16). The largest absolute Gasteiger partial charge is 0.480 e. The third kappa shape index (κ3) is 1.51. The smallest absolute Gasteiger partial charge is 0.319 e. The number of hydrogen-bond acceptors (Lipinski definition) is 2. The van der Waals surface area contributed by atoms with Crippen molar-refractivity contribution in [3.8, 4) is 0 Å². The first-order valence-corrected chi connectivity index (χ1v) is 6.09. The Labute approximate surface area is 95.6 Å². The molecule has 1 heterocycles. The number of aliphatic carboxylic acids is 1. The van der Waals surface area contributed by atoms with Crippen LogP contribution in [0.15, 0.2) is 0 Å². The van der Waals surface area contributed by atoms with Crippen molar-refractivity contribution < 1.29 is 14.7 Å². The molecular weight excluding hydrogens is 206 g/mol. The Kier molecular flexibility index (Phi) is 2.68. The highest BCUT2D eigenvalue weighted by molar-refractivity contribution is 6.05. The fourth-order valence-electron chi connectivity index (χ4n) is 2.73. The van der Waals surface area contributed by atoms with Crippen molar-refractivity contribution >= 4 is 11.9 Å². The van der Waals surface area contributed by atoms with E-state index in [4.69, 9.17) is 5.11 Å². The van der Waals surface area contributed by atoms with Crippen LogP contribution in [-0.2, 0) is 9.59 Å². The third-order valence-corrected chi connectivity index (χ3v) is 4.06. The van der Waals surface area contributed by atoms with Crippen LogP contribution in [0.3, 0.4) is 0 Å². The predicted molar refractivity (Wildman–Crippen MR) is 58.9 cm³/mol. The molecule has 1 N–H and O–H groups in total. The average Bonchev–Trinajstić information content (AvgIpc) is 2.97. The van der Waals surface area contributed by atoms with E-state index in [1.54, 1.807) is 0 Å². The molecule has 1 saturated heterocycles. The maximum Gasteiger partial charge on any atom is 0.319 e. The van der Waals surface area contributed by atoms with Gasteiger partial charge in [-0.3, -0.25) is 9.59 Å². The van der Waals surface area contributed by atoms with Crippen molar-refractivity contribution in [2.75, 3.05) is 0 Å². The summed E-state index contributed by atoms with van der Waals surface area (Å²) in [5, 5.41) is 9.13. The van der Waals surface area contributed by atoms with Crippen LogP contribution in [0.4, 0.5) is 0 Å². The van der Waals surface area contributed by atoms with Crippen LogP contribution in [0.1, 0.15) is 46.0 Å². The van der Waals surface area contributed by atoms with E-state index in [0.717, 1.165) is 19.3 Å². The van der Waals surface area contributed by atoms with Gasteiger partial charge in [-0.1, -0.05) is 6.92 Å². The van der Waals surface area contributed by atoms with Crippen molar-refractivity contribution in [2.24, 2.45) is 5.41 Å². The van der Waals surface area contributed by atoms with Crippen LogP contribution in [0.5, 0.6) is 0 Å². The molecular formula is C12H19NO3. The summed E-state index contributed by atoms with van der Waals surface area (Å²) in [5.74, 6) is -1.08. The molecule has 1 amide bonds. The normalized spacial score (nSPS) is 31.5. The van der Waals surface area contributed by atoms with Crippen molar-refractivity contribution in [3.05, 3.63) is 0 Å². The maximum absolute atomic E-state index is 12.3. The number of carbonyl (C=O) groups is 2. The van der Waals surface area contributed by atoms with Gasteiger partial charge in [-0.05, 0) is 39.0 Å². The molecule has 1 aliphatic carbocycles. The summed E-state index contributed by atoms with van der Waals surface area (Å²) < 4.78 is 0. The van der Waals surface area contributed by atoms with Gasteiger partial charge in [-0.2, -0.15) is 0 Å². The molecule has 4 heteroatoms. The molecule has 0 aromatic rings. The predicted octanol–water partition coefficient (Wildman–Crippen LogP) is 1.64. The number of hydrogen-bond donors (Lipinski definition) is 1. The summed E-state index contributed by atoms with van der Waals surface area (Å²) >= 11 is 0. The van der Waals surface area contributed by atoms with Crippen LogP contribution in [0.2, 0.25) is 0 Å². The highest BCUT2D eigenvalue weighted by Crippen LogP contribution is 2.49. The van der Waals surface area contributed by atoms with Gasteiger partial charge in [0.25, 0.3) is 0 Å². The molecule has 16 heavy (non-hydrogen) atoms. The summed E-state index contributed by atoms with van der Waals surface area (Å²) in [6.07, 6.45) is 3.96. The number of likely N-dealkylation sites (tertiary alicyclic amines) is 1. The van der Waals surface area contributed by atoms with E-state index in [-0.39, 0.29) is 18.0 Å². The average molecular weight is 225 g/mol. The Morgan fingerprint density at radius 3 is 2.44 bits per heavy atom. The number of carboxylic acids is 1. The lowest BCUT2D eigenvalue weighted by molar-refractivity contribution is -0.154. The lowest BCUT2D eigenvalue weighted by atomic mass is 10.0. The van der Waals surface area contributed by atoms with Gasteiger partial charge in [0.05, 0.1) is 0 Å². The molecule has 1 saturated carbocycles. The second kappa shape index (κ2) is 3.75. The molecule has 0 spiro atoms. The minimum atomic E-state index is -1.06. The lowest BCUT2D eigenvalue weighted by Gasteiger charge is -2.30. The molecule has 2 aliphatic rings. The fourth-order valence-corrected chi connectivity index (χ4v) is 2.73. The molecule has 2 atom stereocenters. The third-order valence-electron chi connectivity index (χ3n) is 4.06. The van der Waals surface area contributed by atoms with Crippen molar-refractivity contribution in [1.29, 1.82) is 0 Å². The van der Waals surface area contributed by atoms with Crippen LogP contribution in [0, 0.1) is 5.41 Å². The first kappa shape index (κ1) is 11.4. The number of amides is 1. The minimum Gasteiger partial charge on any atom is -0.480 e. The molecule has 4 nitrogen and oxygen atoms in total. The SMILES string of the molecule is CCC1CCC(C)N1C(=O)C1(C(=O)O)CC1. The molecule has 2 fully saturated rings. The summed E-state index contributed by atoms with van der Waals surface area (Å²) in [7, 11) is 0. The van der Waals surface area contributed by atoms with Crippen LogP contribution in [0.25, 0.3) is 0 Å². The quantitative estimate of drug-likeness (QED) is 0.743. The molecule has 2 rings (SSSR count). The van der Waals surface area contributed by atoms with Gasteiger partial charge in [-0.25, -0.2) is 0 Å². The lowest BCUT2D eigenvalue weighted by Crippen LogP contribution is -2.46. The van der Waals surface area contributed by atoms with Crippen molar-refractivity contribution in [3.63, 3.8) is 0 Å². The molecule has 90 valence electrons. The van der Waals surface area contributed by atoms with E-state index in [1.165, 1.54) is 0 Å². The van der Waals surface area contributed by atoms with Crippen molar-refractivity contribution in [1.82, 2.24) is 4.90 Å². The number of carbonyl (C=O) groups excluding carboxylic acids is 1. The highest BCUT2D eigenvalue weighted by Gasteiger charge is 2.60. The Morgan fingerprint density at radius 2 is 2.00 bits per heavy atom. The Hall–Kier alpha value is -1.06. The zero-order valence-corrected chi connectivity index (χ0v) is 9.90. The number of rotatable bonds is 3. The van der Waals surface area contributed by atoms with Gasteiger partial charge in [0.1, 0.15) is 5.41 Å². The van der Waals surface area contributed by atoms with E-state index in [2.05, 4.69) is 6.92 Å². The maximum atomic E-state index is 12.3. The van der Waals surface area contributed by atoms with Gasteiger partial charge in [0.2, 0.25) is 5.91 Å². The van der Waals surface area contributed by atoms with Gasteiger partial charge < -0.3 is 10.0 Å². The Balaban J connectivity index is 2.18. The Bertz CT molecular complexity index is 322. The molecule has 2 unspecified atom stereocenters. The van der Waals surface area contributed by atoms with Gasteiger partial charge >= 0.3 is 5.97 Å². The first-order chi connectivity index (χ1) is 7.53. The second-order valence-corrected chi connectivity index (χ2v) is 5.09. The summed E-state index contributed by atoms with van der Waals surface area (Å²) in [5.41, 5.74) is -1.06. The van der Waals surface area contributed by atoms with E-state index >= 15 is 0 Å². The number of carboxylic acid groups (broad SMARTS) is 1. The van der Waals surface area contributed by atoms with E-state index < -0.39 is 11.4 Å². The summed E-state index contributed by atoms with van der Waals surface area (Å²) in [6.45, 7) is 4.08. The second-order valence-electron chi connectivity index (χ2n) is 5.09. The Morgan fingerprint density at radius 1 is 1.38 bits per heavy atom. The molecule has 0 radical (unpaired) electrons. The fraction of sp³-hybridized carbons (Fsp3) is 0.833. The van der Waals surface area contributed by atoms with Gasteiger partial charge in [0, 0.05) is 12.1 Å². The van der Waals surface area contributed by atoms with E-state index in [9.17, 15) is 9.59 Å². The summed E-state index contributed by atoms with van der Waals surface area (Å²) in [6, 6.07) is 0.452. The van der Waals surface area contributed by atoms with Crippen LogP contribution >= 0.6 is 0 Å². The first-order valence-electron chi connectivity index (χ1n) is 6.09. The summed E-state index contributed by atoms with van der Waals surface area (Å²) in [4.78, 5) is 25.3. The monoisotopic (exact) mass is 225 g/mol. The van der Waals surface area contributed by atoms with Gasteiger partial charge in [0.15, 0.2) is 0 Å². The van der Waals surface area contributed by atoms with Gasteiger partial charge in [-0.15, -0.1) is 0 Å². The highest BCUT2D eigenvalue weighted by atomic mass is 16.4. The molecule has 0 aromatic heterocycles. The number of nitrogens with zero attached hydrogens (tertiary/aromatic N) is 1. The van der Waals surface area contributed by atoms with E-state index in [0.29, 0.717) is 12.8 Å². The zero-order chi connectivity index (χ0) is 11.9. The molecule has 1 aliphatic heterocycles. The van der Waals surface area contributed by atoms with E-state index in [1.807, 2.05) is 11.8 Å². The minimum absolute atomic E-state index is 0.142. The van der Waals surface area contributed by atoms with Crippen molar-refractivity contribution in [2.45, 2.75) is 58.0 Å². The topological polar surface area (TPSA) is 57.6 Å². The van der Waals surface area contributed by atoms with Crippen LogP contribution in [-0.4, -0.2) is 34.0 Å². The zero-order valence-electron chi connectivity index (χ0n) is 9.90. The molecule has 0 aromatic carbocycles. The molecule has 0 bridgehead atoms.